The molecule has 0 fully saturated rings. The number of methoxy groups -OCH3 is 1. The van der Waals surface area contributed by atoms with E-state index in [4.69, 9.17) is 4.74 Å². The number of amides is 1. The van der Waals surface area contributed by atoms with Crippen molar-refractivity contribution in [3.63, 3.8) is 0 Å². The van der Waals surface area contributed by atoms with Crippen molar-refractivity contribution in [1.82, 2.24) is 15.2 Å². The molecule has 2 N–H and O–H groups in total. The van der Waals surface area contributed by atoms with E-state index in [-0.39, 0.29) is 18.2 Å². The van der Waals surface area contributed by atoms with E-state index in [1.54, 1.807) is 31.2 Å². The molecule has 0 saturated carbocycles. The molecule has 6 nitrogen and oxygen atoms in total. The molecule has 6 heteroatoms. The van der Waals surface area contributed by atoms with Gasteiger partial charge >= 0.3 is 0 Å². The number of pyridine rings is 1. The highest BCUT2D eigenvalue weighted by Crippen LogP contribution is 2.15. The van der Waals surface area contributed by atoms with Gasteiger partial charge in [-0.05, 0) is 26.1 Å². The second-order valence-electron chi connectivity index (χ2n) is 4.43. The summed E-state index contributed by atoms with van der Waals surface area (Å²) in [7, 11) is 3.39. The summed E-state index contributed by atoms with van der Waals surface area (Å²) in [4.78, 5) is 17.6. The quantitative estimate of drug-likeness (QED) is 0.695. The minimum absolute atomic E-state index is 0.0771. The zero-order valence-electron chi connectivity index (χ0n) is 11.6. The zero-order valence-corrected chi connectivity index (χ0v) is 11.6. The van der Waals surface area contributed by atoms with E-state index in [9.17, 15) is 9.90 Å². The van der Waals surface area contributed by atoms with Crippen LogP contribution in [-0.4, -0.2) is 54.8 Å². The lowest BCUT2D eigenvalue weighted by atomic mass is 10.2. The van der Waals surface area contributed by atoms with Gasteiger partial charge in [0, 0.05) is 25.9 Å². The number of likely N-dealkylation sites (N-methyl/N-ethyl adjacent to an activating group) is 1. The minimum atomic E-state index is -0.0771. The van der Waals surface area contributed by atoms with Crippen molar-refractivity contribution in [2.24, 2.45) is 0 Å². The van der Waals surface area contributed by atoms with Crippen LogP contribution in [0.1, 0.15) is 11.4 Å². The molecule has 106 valence electrons. The number of ether oxygens (including phenoxy) is 1. The normalized spacial score (nSPS) is 10.7. The first-order valence-corrected chi connectivity index (χ1v) is 6.12. The third-order valence-electron chi connectivity index (χ3n) is 2.55. The summed E-state index contributed by atoms with van der Waals surface area (Å²) in [6.45, 7) is 3.52. The van der Waals surface area contributed by atoms with Crippen molar-refractivity contribution in [2.75, 3.05) is 33.9 Å². The Morgan fingerprint density at radius 1 is 1.53 bits per heavy atom. The van der Waals surface area contributed by atoms with Gasteiger partial charge < -0.3 is 15.2 Å². The van der Waals surface area contributed by atoms with Crippen molar-refractivity contribution in [2.45, 2.75) is 13.5 Å². The first kappa shape index (κ1) is 15.4. The molecule has 1 amide bonds. The molecule has 0 radical (unpaired) electrons. The van der Waals surface area contributed by atoms with Gasteiger partial charge in [0.15, 0.2) is 0 Å². The minimum Gasteiger partial charge on any atom is -0.506 e. The Labute approximate surface area is 113 Å². The number of aromatic hydroxyl groups is 1. The van der Waals surface area contributed by atoms with Crippen molar-refractivity contribution in [1.29, 1.82) is 0 Å². The van der Waals surface area contributed by atoms with Gasteiger partial charge in [0.25, 0.3) is 0 Å². The molecule has 1 aromatic rings. The Bertz CT molecular complexity index is 424. The van der Waals surface area contributed by atoms with Crippen LogP contribution in [0.2, 0.25) is 0 Å². The van der Waals surface area contributed by atoms with Crippen molar-refractivity contribution >= 4 is 5.91 Å². The van der Waals surface area contributed by atoms with E-state index in [1.807, 2.05) is 6.92 Å². The molecule has 0 saturated heterocycles. The van der Waals surface area contributed by atoms with Gasteiger partial charge in [-0.15, -0.1) is 0 Å². The average molecular weight is 267 g/mol. The van der Waals surface area contributed by atoms with E-state index < -0.39 is 0 Å². The maximum atomic E-state index is 11.6. The summed E-state index contributed by atoms with van der Waals surface area (Å²) >= 11 is 0. The summed E-state index contributed by atoms with van der Waals surface area (Å²) in [5.74, 6) is 0.0731. The summed E-state index contributed by atoms with van der Waals surface area (Å²) in [5, 5.41) is 12.4. The van der Waals surface area contributed by atoms with E-state index in [1.165, 1.54) is 0 Å². The first-order chi connectivity index (χ1) is 9.02. The summed E-state index contributed by atoms with van der Waals surface area (Å²) in [6.07, 6.45) is 0. The molecule has 0 aliphatic rings. The SMILES string of the molecule is COCCNC(=O)CN(C)Cc1nc(C)ccc1O. The van der Waals surface area contributed by atoms with E-state index in [0.717, 1.165) is 5.69 Å². The zero-order chi connectivity index (χ0) is 14.3. The standard InChI is InChI=1S/C13H21N3O3/c1-10-4-5-12(17)11(15-10)8-16(2)9-13(18)14-6-7-19-3/h4-5,17H,6-9H2,1-3H3,(H,14,18). The molecular formula is C13H21N3O3. The molecular weight excluding hydrogens is 246 g/mol. The van der Waals surface area contributed by atoms with Crippen LogP contribution < -0.4 is 5.32 Å². The molecule has 1 rings (SSSR count). The van der Waals surface area contributed by atoms with E-state index in [2.05, 4.69) is 10.3 Å². The van der Waals surface area contributed by atoms with Gasteiger partial charge in [-0.25, -0.2) is 0 Å². The highest BCUT2D eigenvalue weighted by molar-refractivity contribution is 5.77. The first-order valence-electron chi connectivity index (χ1n) is 6.12. The number of rotatable bonds is 7. The van der Waals surface area contributed by atoms with Crippen LogP contribution in [0, 0.1) is 6.92 Å². The molecule has 0 spiro atoms. The maximum absolute atomic E-state index is 11.6. The van der Waals surface area contributed by atoms with Crippen LogP contribution in [0.3, 0.4) is 0 Å². The highest BCUT2D eigenvalue weighted by Gasteiger charge is 2.10. The fourth-order valence-corrected chi connectivity index (χ4v) is 1.62. The molecule has 1 aromatic heterocycles. The van der Waals surface area contributed by atoms with Gasteiger partial charge in [-0.3, -0.25) is 14.7 Å². The number of aryl methyl sites for hydroxylation is 1. The third-order valence-corrected chi connectivity index (χ3v) is 2.55. The fourth-order valence-electron chi connectivity index (χ4n) is 1.62. The van der Waals surface area contributed by atoms with Gasteiger partial charge in [-0.1, -0.05) is 0 Å². The predicted octanol–water partition coefficient (Wildman–Crippen LogP) is 0.290. The van der Waals surface area contributed by atoms with Gasteiger partial charge in [-0.2, -0.15) is 0 Å². The Morgan fingerprint density at radius 2 is 2.26 bits per heavy atom. The molecule has 19 heavy (non-hydrogen) atoms. The van der Waals surface area contributed by atoms with Gasteiger partial charge in [0.2, 0.25) is 5.91 Å². The largest absolute Gasteiger partial charge is 0.506 e. The van der Waals surface area contributed by atoms with Crippen LogP contribution >= 0.6 is 0 Å². The number of hydrogen-bond donors (Lipinski definition) is 2. The second kappa shape index (κ2) is 7.70. The van der Waals surface area contributed by atoms with Crippen LogP contribution in [0.5, 0.6) is 5.75 Å². The lowest BCUT2D eigenvalue weighted by Crippen LogP contribution is -2.36. The Balaban J connectivity index is 2.44. The van der Waals surface area contributed by atoms with Crippen LogP contribution in [0.25, 0.3) is 0 Å². The molecule has 0 bridgehead atoms. The number of carbonyl (C=O) groups is 1. The summed E-state index contributed by atoms with van der Waals surface area (Å²) < 4.78 is 4.85. The lowest BCUT2D eigenvalue weighted by molar-refractivity contribution is -0.122. The Hall–Kier alpha value is -1.66. The third kappa shape index (κ3) is 5.67. The van der Waals surface area contributed by atoms with Crippen molar-refractivity contribution in [3.05, 3.63) is 23.5 Å². The summed E-state index contributed by atoms with van der Waals surface area (Å²) in [5.41, 5.74) is 1.41. The van der Waals surface area contributed by atoms with E-state index >= 15 is 0 Å². The summed E-state index contributed by atoms with van der Waals surface area (Å²) in [6, 6.07) is 3.36. The fraction of sp³-hybridized carbons (Fsp3) is 0.538. The van der Waals surface area contributed by atoms with Gasteiger partial charge in [0.05, 0.1) is 18.8 Å². The number of hydrogen-bond acceptors (Lipinski definition) is 5. The van der Waals surface area contributed by atoms with Crippen molar-refractivity contribution in [3.8, 4) is 5.75 Å². The van der Waals surface area contributed by atoms with Crippen LogP contribution in [-0.2, 0) is 16.1 Å². The van der Waals surface area contributed by atoms with Crippen LogP contribution in [0.15, 0.2) is 12.1 Å². The molecule has 0 aliphatic carbocycles. The molecule has 0 aromatic carbocycles. The number of nitrogens with one attached hydrogen (secondary N) is 1. The molecule has 0 atom stereocenters. The predicted molar refractivity (Wildman–Crippen MR) is 71.9 cm³/mol. The smallest absolute Gasteiger partial charge is 0.234 e. The number of nitrogens with zero attached hydrogens (tertiary/aromatic N) is 2. The topological polar surface area (TPSA) is 74.7 Å². The van der Waals surface area contributed by atoms with Gasteiger partial charge in [0.1, 0.15) is 5.75 Å². The molecule has 0 unspecified atom stereocenters. The highest BCUT2D eigenvalue weighted by atomic mass is 16.5. The lowest BCUT2D eigenvalue weighted by Gasteiger charge is -2.16. The maximum Gasteiger partial charge on any atom is 0.234 e. The average Bonchev–Trinajstić information content (AvgIpc) is 2.34. The molecule has 1 heterocycles. The molecule has 0 aliphatic heterocycles. The Kier molecular flexibility index (Phi) is 6.24. The van der Waals surface area contributed by atoms with E-state index in [0.29, 0.717) is 25.4 Å². The Morgan fingerprint density at radius 3 is 2.95 bits per heavy atom. The number of aromatic nitrogens is 1. The number of carbonyl (C=O) groups excluding carboxylic acids is 1. The van der Waals surface area contributed by atoms with Crippen LogP contribution in [0.4, 0.5) is 0 Å². The second-order valence-corrected chi connectivity index (χ2v) is 4.43. The van der Waals surface area contributed by atoms with Crippen molar-refractivity contribution < 1.29 is 14.6 Å². The monoisotopic (exact) mass is 267 g/mol.